The van der Waals surface area contributed by atoms with Gasteiger partial charge in [0.2, 0.25) is 10.0 Å². The third-order valence-electron chi connectivity index (χ3n) is 5.31. The van der Waals surface area contributed by atoms with Gasteiger partial charge in [0.15, 0.2) is 11.6 Å². The number of likely N-dealkylation sites (N-methyl/N-ethyl adjacent to an activating group) is 1. The van der Waals surface area contributed by atoms with E-state index in [1.165, 1.54) is 18.5 Å². The molecule has 0 atom stereocenters. The van der Waals surface area contributed by atoms with Crippen LogP contribution in [0.5, 0.6) is 5.75 Å². The molecule has 0 unspecified atom stereocenters. The number of anilines is 2. The van der Waals surface area contributed by atoms with E-state index in [-0.39, 0.29) is 30.4 Å². The van der Waals surface area contributed by atoms with Crippen molar-refractivity contribution in [3.63, 3.8) is 0 Å². The zero-order valence-electron chi connectivity index (χ0n) is 22.0. The highest BCUT2D eigenvalue weighted by Crippen LogP contribution is 2.33. The number of amides is 2. The molecule has 3 aromatic rings. The number of alkyl halides is 3. The minimum Gasteiger partial charge on any atom is -0.488 e. The summed E-state index contributed by atoms with van der Waals surface area (Å²) in [5, 5.41) is 4.66. The smallest absolute Gasteiger partial charge is 0.416 e. The van der Waals surface area contributed by atoms with Crippen molar-refractivity contribution in [2.45, 2.75) is 24.9 Å². The Balaban J connectivity index is 1.82. The second-order valence-corrected chi connectivity index (χ2v) is 10.5. The average Bonchev–Trinajstić information content (AvgIpc) is 2.85. The Morgan fingerprint density at radius 3 is 2.50 bits per heavy atom. The topological polar surface area (TPSA) is 158 Å². The molecule has 16 heteroatoms. The molecule has 0 aliphatic carbocycles. The number of aromatic amines is 1. The maximum Gasteiger partial charge on any atom is 0.416 e. The van der Waals surface area contributed by atoms with Crippen molar-refractivity contribution in [1.82, 2.24) is 24.6 Å². The average molecular weight is 584 g/mol. The third-order valence-corrected chi connectivity index (χ3v) is 6.75. The molecule has 2 aromatic heterocycles. The molecule has 40 heavy (non-hydrogen) atoms. The number of urea groups is 1. The van der Waals surface area contributed by atoms with Gasteiger partial charge in [-0.05, 0) is 52.2 Å². The Hall–Kier alpha value is -4.02. The molecule has 3 rings (SSSR count). The molecule has 0 spiro atoms. The number of hydrogen-bond acceptors (Lipinski definition) is 8. The monoisotopic (exact) mass is 583 g/mol. The minimum absolute atomic E-state index is 0.0316. The van der Waals surface area contributed by atoms with E-state index in [1.54, 1.807) is 32.8 Å². The summed E-state index contributed by atoms with van der Waals surface area (Å²) in [6.07, 6.45) is -2.19. The van der Waals surface area contributed by atoms with E-state index in [4.69, 9.17) is 4.74 Å². The van der Waals surface area contributed by atoms with Crippen LogP contribution >= 0.6 is 0 Å². The van der Waals surface area contributed by atoms with Gasteiger partial charge in [0, 0.05) is 30.5 Å². The summed E-state index contributed by atoms with van der Waals surface area (Å²) in [5.74, 6) is 0.299. The number of aromatic nitrogens is 3. The molecule has 0 bridgehead atoms. The second-order valence-electron chi connectivity index (χ2n) is 8.73. The Labute approximate surface area is 228 Å². The van der Waals surface area contributed by atoms with Crippen LogP contribution in [-0.2, 0) is 16.2 Å². The van der Waals surface area contributed by atoms with Crippen molar-refractivity contribution >= 4 is 27.4 Å². The normalized spacial score (nSPS) is 11.9. The molecule has 216 valence electrons. The molecular weight excluding hydrogens is 555 g/mol. The summed E-state index contributed by atoms with van der Waals surface area (Å²) in [7, 11) is -0.883. The zero-order chi connectivity index (χ0) is 29.7. The molecule has 12 nitrogen and oxygen atoms in total. The third kappa shape index (κ3) is 8.00. The molecule has 0 aliphatic heterocycles. The minimum atomic E-state index is -4.87. The number of nitrogens with one attached hydrogen (secondary N) is 4. The molecule has 4 N–H and O–H groups in total. The van der Waals surface area contributed by atoms with Gasteiger partial charge < -0.3 is 25.3 Å². The van der Waals surface area contributed by atoms with Crippen LogP contribution < -0.4 is 25.7 Å². The lowest BCUT2D eigenvalue weighted by molar-refractivity contribution is -0.137. The van der Waals surface area contributed by atoms with Gasteiger partial charge in [0.25, 0.3) is 5.56 Å². The van der Waals surface area contributed by atoms with E-state index in [1.807, 2.05) is 0 Å². The lowest BCUT2D eigenvalue weighted by atomic mass is 10.2. The van der Waals surface area contributed by atoms with Crippen LogP contribution in [0.1, 0.15) is 18.2 Å². The summed E-state index contributed by atoms with van der Waals surface area (Å²) >= 11 is 0. The highest BCUT2D eigenvalue weighted by molar-refractivity contribution is 7.89. The summed E-state index contributed by atoms with van der Waals surface area (Å²) < 4.78 is 73.3. The lowest BCUT2D eigenvalue weighted by Gasteiger charge is -2.15. The van der Waals surface area contributed by atoms with E-state index in [0.29, 0.717) is 29.9 Å². The SMILES string of the molecule is CCOc1cc(-c2ncc(NC(=O)Nc3cc(C(F)(F)F)cc(S(=O)(=O)NCCN(C)C)c3)c(C)n2)c[nH]c1=O. The van der Waals surface area contributed by atoms with E-state index in [0.717, 1.165) is 6.07 Å². The number of sulfonamides is 1. The fourth-order valence-corrected chi connectivity index (χ4v) is 4.44. The van der Waals surface area contributed by atoms with Gasteiger partial charge in [-0.1, -0.05) is 0 Å². The summed E-state index contributed by atoms with van der Waals surface area (Å²) in [6, 6.07) is 2.55. The van der Waals surface area contributed by atoms with E-state index in [9.17, 15) is 31.2 Å². The van der Waals surface area contributed by atoms with Gasteiger partial charge in [0.05, 0.1) is 34.6 Å². The van der Waals surface area contributed by atoms with Crippen molar-refractivity contribution in [2.24, 2.45) is 0 Å². The number of rotatable bonds is 10. The van der Waals surface area contributed by atoms with Gasteiger partial charge in [-0.2, -0.15) is 13.2 Å². The van der Waals surface area contributed by atoms with Crippen LogP contribution in [0.15, 0.2) is 46.3 Å². The van der Waals surface area contributed by atoms with Crippen LogP contribution in [0.4, 0.5) is 29.3 Å². The highest BCUT2D eigenvalue weighted by Gasteiger charge is 2.33. The van der Waals surface area contributed by atoms with E-state index < -0.39 is 43.9 Å². The number of H-pyrrole nitrogens is 1. The van der Waals surface area contributed by atoms with Crippen molar-refractivity contribution in [2.75, 3.05) is 44.4 Å². The quantitative estimate of drug-likeness (QED) is 0.284. The van der Waals surface area contributed by atoms with E-state index >= 15 is 0 Å². The van der Waals surface area contributed by atoms with Gasteiger partial charge >= 0.3 is 12.2 Å². The van der Waals surface area contributed by atoms with Crippen LogP contribution in [0.3, 0.4) is 0 Å². The predicted octanol–water partition coefficient (Wildman–Crippen LogP) is 3.04. The first-order chi connectivity index (χ1) is 18.7. The predicted molar refractivity (Wildman–Crippen MR) is 142 cm³/mol. The van der Waals surface area contributed by atoms with Crippen molar-refractivity contribution in [1.29, 1.82) is 0 Å². The first kappa shape index (κ1) is 30.5. The van der Waals surface area contributed by atoms with Crippen molar-refractivity contribution in [3.05, 3.63) is 58.3 Å². The maximum absolute atomic E-state index is 13.5. The number of ether oxygens (including phenoxy) is 1. The Bertz CT molecular complexity index is 1540. The Kier molecular flexibility index (Phi) is 9.49. The van der Waals surface area contributed by atoms with Gasteiger partial charge in [-0.3, -0.25) is 4.79 Å². The molecule has 2 heterocycles. The maximum atomic E-state index is 13.5. The molecule has 0 saturated carbocycles. The number of aryl methyl sites for hydroxylation is 1. The first-order valence-corrected chi connectivity index (χ1v) is 13.3. The van der Waals surface area contributed by atoms with Crippen molar-refractivity contribution in [3.8, 4) is 17.1 Å². The molecule has 0 aliphatic rings. The molecule has 0 fully saturated rings. The largest absolute Gasteiger partial charge is 0.488 e. The summed E-state index contributed by atoms with van der Waals surface area (Å²) in [4.78, 5) is 36.5. The van der Waals surface area contributed by atoms with Crippen LogP contribution in [0.25, 0.3) is 11.4 Å². The Morgan fingerprint density at radius 2 is 1.88 bits per heavy atom. The second kappa shape index (κ2) is 12.4. The molecule has 0 radical (unpaired) electrons. The fourth-order valence-electron chi connectivity index (χ4n) is 3.35. The molecule has 1 aromatic carbocycles. The standard InChI is InChI=1S/C24H28F3N7O5S/c1-5-39-20-8-15(12-29-22(20)35)21-28-13-19(14(2)31-21)33-23(36)32-17-9-16(24(25,26)27)10-18(11-17)40(37,38)30-6-7-34(3)4/h8-13,30H,5-7H2,1-4H3,(H,29,35)(H2,32,33,36). The number of hydrogen-bond donors (Lipinski definition) is 4. The Morgan fingerprint density at radius 1 is 1.15 bits per heavy atom. The lowest BCUT2D eigenvalue weighted by Crippen LogP contribution is -2.31. The number of carbonyl (C=O) groups excluding carboxylic acids is 1. The number of benzene rings is 1. The van der Waals surface area contributed by atoms with Crippen LogP contribution in [0.2, 0.25) is 0 Å². The highest BCUT2D eigenvalue weighted by atomic mass is 32.2. The number of nitrogens with zero attached hydrogens (tertiary/aromatic N) is 3. The van der Waals surface area contributed by atoms with Crippen LogP contribution in [-0.4, -0.2) is 68.1 Å². The van der Waals surface area contributed by atoms with Gasteiger partial charge in [-0.15, -0.1) is 0 Å². The first-order valence-electron chi connectivity index (χ1n) is 11.8. The van der Waals surface area contributed by atoms with E-state index in [2.05, 4.69) is 30.3 Å². The molecule has 0 saturated heterocycles. The number of halogens is 3. The number of pyridine rings is 1. The summed E-state index contributed by atoms with van der Waals surface area (Å²) in [6.45, 7) is 3.85. The number of carbonyl (C=O) groups is 1. The molecular formula is C24H28F3N7O5S. The van der Waals surface area contributed by atoms with Crippen molar-refractivity contribution < 1.29 is 31.1 Å². The van der Waals surface area contributed by atoms with Gasteiger partial charge in [0.1, 0.15) is 0 Å². The molecule has 2 amide bonds. The zero-order valence-corrected chi connectivity index (χ0v) is 22.8. The fraction of sp³-hybridized carbons (Fsp3) is 0.333. The summed E-state index contributed by atoms with van der Waals surface area (Å²) in [5.41, 5.74) is -1.18. The van der Waals surface area contributed by atoms with Gasteiger partial charge in [-0.25, -0.2) is 27.9 Å². The van der Waals surface area contributed by atoms with Crippen LogP contribution in [0, 0.1) is 6.92 Å².